The number of ether oxygens (including phenoxy) is 2. The maximum absolute atomic E-state index is 10.2. The number of aliphatic hydroxyl groups excluding tert-OH is 1. The Morgan fingerprint density at radius 2 is 2.12 bits per heavy atom. The molecule has 0 bridgehead atoms. The number of alkyl halides is 1. The Kier molecular flexibility index (Phi) is 2.88. The van der Waals surface area contributed by atoms with E-state index < -0.39 is 11.7 Å². The molecule has 1 N–H and O–H groups in total. The summed E-state index contributed by atoms with van der Waals surface area (Å²) in [5, 5.41) is 10.2. The number of aliphatic hydroxyl groups is 1. The molecule has 0 saturated heterocycles. The van der Waals surface area contributed by atoms with E-state index in [1.165, 1.54) is 0 Å². The molecule has 88 valence electrons. The van der Waals surface area contributed by atoms with Gasteiger partial charge in [0.25, 0.3) is 0 Å². The molecule has 0 aliphatic carbocycles. The third-order valence-corrected chi connectivity index (χ3v) is 4.45. The Morgan fingerprint density at radius 3 is 2.75 bits per heavy atom. The zero-order chi connectivity index (χ0) is 11.9. The first-order valence-electron chi connectivity index (χ1n) is 5.15. The lowest BCUT2D eigenvalue weighted by atomic mass is 9.91. The molecule has 2 atom stereocenters. The van der Waals surface area contributed by atoms with Gasteiger partial charge in [-0.05, 0) is 32.0 Å². The number of methoxy groups -OCH3 is 1. The second kappa shape index (κ2) is 3.93. The fraction of sp³-hybridized carbons (Fsp3) is 0.500. The molecule has 0 aromatic heterocycles. The topological polar surface area (TPSA) is 38.7 Å². The molecule has 1 aliphatic heterocycles. The Balaban J connectivity index is 2.47. The standard InChI is InChI=1S/C12H15BrO3/c1-12(2)11(13)10(14)8-6-7(15-3)4-5-9(8)16-12/h4-6,10-11,14H,1-3H3. The molecule has 16 heavy (non-hydrogen) atoms. The highest BCUT2D eigenvalue weighted by Crippen LogP contribution is 2.44. The van der Waals surface area contributed by atoms with Gasteiger partial charge < -0.3 is 14.6 Å². The molecule has 1 aliphatic rings. The lowest BCUT2D eigenvalue weighted by Crippen LogP contribution is -2.45. The van der Waals surface area contributed by atoms with E-state index in [4.69, 9.17) is 9.47 Å². The second-order valence-electron chi connectivity index (χ2n) is 4.46. The smallest absolute Gasteiger partial charge is 0.126 e. The fourth-order valence-corrected chi connectivity index (χ4v) is 2.23. The SMILES string of the molecule is COc1ccc2c(c1)C(O)C(Br)C(C)(C)O2. The van der Waals surface area contributed by atoms with Crippen molar-refractivity contribution in [3.63, 3.8) is 0 Å². The molecule has 0 spiro atoms. The minimum Gasteiger partial charge on any atom is -0.497 e. The first-order chi connectivity index (χ1) is 7.45. The van der Waals surface area contributed by atoms with E-state index in [1.807, 2.05) is 32.0 Å². The van der Waals surface area contributed by atoms with Crippen molar-refractivity contribution in [2.75, 3.05) is 7.11 Å². The van der Waals surface area contributed by atoms with Crippen molar-refractivity contribution in [3.05, 3.63) is 23.8 Å². The van der Waals surface area contributed by atoms with E-state index >= 15 is 0 Å². The largest absolute Gasteiger partial charge is 0.497 e. The van der Waals surface area contributed by atoms with Crippen LogP contribution in [0.3, 0.4) is 0 Å². The number of halogens is 1. The Bertz CT molecular complexity index is 403. The Hall–Kier alpha value is -0.740. The summed E-state index contributed by atoms with van der Waals surface area (Å²) in [5.41, 5.74) is 0.335. The van der Waals surface area contributed by atoms with Crippen molar-refractivity contribution in [1.82, 2.24) is 0 Å². The van der Waals surface area contributed by atoms with Gasteiger partial charge in [0.15, 0.2) is 0 Å². The first kappa shape index (κ1) is 11.7. The van der Waals surface area contributed by atoms with Crippen LogP contribution in [0.5, 0.6) is 11.5 Å². The predicted molar refractivity (Wildman–Crippen MR) is 65.4 cm³/mol. The van der Waals surface area contributed by atoms with E-state index in [-0.39, 0.29) is 4.83 Å². The van der Waals surface area contributed by atoms with Crippen LogP contribution in [0.2, 0.25) is 0 Å². The molecule has 3 nitrogen and oxygen atoms in total. The van der Waals surface area contributed by atoms with Gasteiger partial charge >= 0.3 is 0 Å². The average molecular weight is 287 g/mol. The van der Waals surface area contributed by atoms with Crippen molar-refractivity contribution in [2.45, 2.75) is 30.4 Å². The van der Waals surface area contributed by atoms with Crippen molar-refractivity contribution in [1.29, 1.82) is 0 Å². The highest BCUT2D eigenvalue weighted by atomic mass is 79.9. The van der Waals surface area contributed by atoms with Crippen LogP contribution in [-0.2, 0) is 0 Å². The minimum absolute atomic E-state index is 0.139. The summed E-state index contributed by atoms with van der Waals surface area (Å²) in [4.78, 5) is -0.139. The third kappa shape index (κ3) is 1.80. The fourth-order valence-electron chi connectivity index (χ4n) is 1.86. The summed E-state index contributed by atoms with van der Waals surface area (Å²) in [6.45, 7) is 3.89. The van der Waals surface area contributed by atoms with E-state index in [9.17, 15) is 5.11 Å². The molecule has 2 rings (SSSR count). The van der Waals surface area contributed by atoms with Crippen LogP contribution in [0.15, 0.2) is 18.2 Å². The van der Waals surface area contributed by atoms with E-state index in [0.717, 1.165) is 11.3 Å². The van der Waals surface area contributed by atoms with Crippen LogP contribution in [0.1, 0.15) is 25.5 Å². The number of hydrogen-bond donors (Lipinski definition) is 1. The summed E-state index contributed by atoms with van der Waals surface area (Å²) < 4.78 is 11.0. The van der Waals surface area contributed by atoms with Gasteiger partial charge in [0.05, 0.1) is 18.0 Å². The maximum atomic E-state index is 10.2. The van der Waals surface area contributed by atoms with Gasteiger partial charge in [-0.1, -0.05) is 15.9 Å². The van der Waals surface area contributed by atoms with Gasteiger partial charge in [-0.15, -0.1) is 0 Å². The van der Waals surface area contributed by atoms with E-state index in [1.54, 1.807) is 7.11 Å². The van der Waals surface area contributed by atoms with Crippen LogP contribution < -0.4 is 9.47 Å². The van der Waals surface area contributed by atoms with Crippen LogP contribution in [-0.4, -0.2) is 22.6 Å². The number of hydrogen-bond acceptors (Lipinski definition) is 3. The zero-order valence-electron chi connectivity index (χ0n) is 9.53. The van der Waals surface area contributed by atoms with Crippen molar-refractivity contribution < 1.29 is 14.6 Å². The van der Waals surface area contributed by atoms with E-state index in [0.29, 0.717) is 5.75 Å². The molecule has 0 amide bonds. The lowest BCUT2D eigenvalue weighted by Gasteiger charge is -2.40. The highest BCUT2D eigenvalue weighted by molar-refractivity contribution is 9.09. The summed E-state index contributed by atoms with van der Waals surface area (Å²) in [6.07, 6.45) is -0.589. The predicted octanol–water partition coefficient (Wildman–Crippen LogP) is 2.66. The molecule has 0 radical (unpaired) electrons. The average Bonchev–Trinajstić information content (AvgIpc) is 2.25. The summed E-state index contributed by atoms with van der Waals surface area (Å²) in [7, 11) is 1.60. The third-order valence-electron chi connectivity index (χ3n) is 2.85. The van der Waals surface area contributed by atoms with Gasteiger partial charge in [0.2, 0.25) is 0 Å². The van der Waals surface area contributed by atoms with Gasteiger partial charge in [0, 0.05) is 5.56 Å². The molecule has 2 unspecified atom stereocenters. The first-order valence-corrected chi connectivity index (χ1v) is 6.06. The van der Waals surface area contributed by atoms with Crippen molar-refractivity contribution >= 4 is 15.9 Å². The summed E-state index contributed by atoms with van der Waals surface area (Å²) in [5.74, 6) is 1.44. The summed E-state index contributed by atoms with van der Waals surface area (Å²) in [6, 6.07) is 5.47. The Labute approximate surface area is 104 Å². The van der Waals surface area contributed by atoms with Crippen molar-refractivity contribution in [2.24, 2.45) is 0 Å². The lowest BCUT2D eigenvalue weighted by molar-refractivity contribution is 0.0223. The second-order valence-corrected chi connectivity index (χ2v) is 5.44. The normalized spacial score (nSPS) is 26.8. The molecule has 1 aromatic rings. The van der Waals surface area contributed by atoms with Crippen LogP contribution in [0, 0.1) is 0 Å². The van der Waals surface area contributed by atoms with E-state index in [2.05, 4.69) is 15.9 Å². The zero-order valence-corrected chi connectivity index (χ0v) is 11.1. The summed E-state index contributed by atoms with van der Waals surface area (Å²) >= 11 is 3.48. The Morgan fingerprint density at radius 1 is 1.44 bits per heavy atom. The van der Waals surface area contributed by atoms with Gasteiger partial charge in [-0.3, -0.25) is 0 Å². The molecule has 1 heterocycles. The number of rotatable bonds is 1. The van der Waals surface area contributed by atoms with Crippen molar-refractivity contribution in [3.8, 4) is 11.5 Å². The van der Waals surface area contributed by atoms with Crippen LogP contribution in [0.25, 0.3) is 0 Å². The number of fused-ring (bicyclic) bond motifs is 1. The minimum atomic E-state index is -0.589. The van der Waals surface area contributed by atoms with Crippen LogP contribution in [0.4, 0.5) is 0 Å². The number of benzene rings is 1. The maximum Gasteiger partial charge on any atom is 0.126 e. The molecule has 0 saturated carbocycles. The van der Waals surface area contributed by atoms with Gasteiger partial charge in [0.1, 0.15) is 17.1 Å². The van der Waals surface area contributed by atoms with Gasteiger partial charge in [-0.2, -0.15) is 0 Å². The van der Waals surface area contributed by atoms with Gasteiger partial charge in [-0.25, -0.2) is 0 Å². The molecular weight excluding hydrogens is 272 g/mol. The molecule has 4 heteroatoms. The van der Waals surface area contributed by atoms with Crippen LogP contribution >= 0.6 is 15.9 Å². The highest BCUT2D eigenvalue weighted by Gasteiger charge is 2.41. The quantitative estimate of drug-likeness (QED) is 0.807. The molecular formula is C12H15BrO3. The molecule has 0 fully saturated rings. The monoisotopic (exact) mass is 286 g/mol. The molecule has 1 aromatic carbocycles.